The number of hydrogen-bond donors (Lipinski definition) is 2. The molecule has 0 aliphatic rings. The van der Waals surface area contributed by atoms with E-state index in [0.717, 1.165) is 0 Å². The van der Waals surface area contributed by atoms with Gasteiger partial charge in [0.1, 0.15) is 6.61 Å². The molecule has 0 radical (unpaired) electrons. The largest absolute Gasteiger partial charge is 0.382 e. The van der Waals surface area contributed by atoms with Crippen LogP contribution < -0.4 is 11.1 Å². The summed E-state index contributed by atoms with van der Waals surface area (Å²) in [4.78, 5) is 10.7. The molecular weight excluding hydrogens is 268 g/mol. The maximum atomic E-state index is 11.9. The highest BCUT2D eigenvalue weighted by Gasteiger charge is 2.15. The van der Waals surface area contributed by atoms with Gasteiger partial charge >= 0.3 is 0 Å². The lowest BCUT2D eigenvalue weighted by Crippen LogP contribution is -2.21. The molecule has 0 aliphatic carbocycles. The number of hydrogen-bond acceptors (Lipinski definition) is 5. The Bertz CT molecular complexity index is 528. The fourth-order valence-corrected chi connectivity index (χ4v) is 2.54. The van der Waals surface area contributed by atoms with Crippen molar-refractivity contribution in [1.82, 2.24) is 0 Å². The van der Waals surface area contributed by atoms with Crippen LogP contribution in [0.2, 0.25) is 0 Å². The molecule has 1 aromatic carbocycles. The molecule has 1 rings (SSSR count). The van der Waals surface area contributed by atoms with Crippen molar-refractivity contribution >= 4 is 21.4 Å². The van der Waals surface area contributed by atoms with Crippen molar-refractivity contribution in [3.8, 4) is 0 Å². The van der Waals surface area contributed by atoms with Crippen molar-refractivity contribution < 1.29 is 17.9 Å². The minimum Gasteiger partial charge on any atom is -0.382 e. The molecule has 1 amide bonds. The van der Waals surface area contributed by atoms with E-state index in [-0.39, 0.29) is 23.9 Å². The number of primary amides is 1. The van der Waals surface area contributed by atoms with Gasteiger partial charge in [-0.15, -0.1) is 0 Å². The van der Waals surface area contributed by atoms with E-state index in [0.29, 0.717) is 12.2 Å². The number of nitrogens with two attached hydrogens (primary N) is 1. The monoisotopic (exact) mass is 286 g/mol. The molecule has 0 aromatic heterocycles. The van der Waals surface area contributed by atoms with Crippen LogP contribution in [0.1, 0.15) is 6.92 Å². The zero-order valence-corrected chi connectivity index (χ0v) is 11.6. The third kappa shape index (κ3) is 4.88. The van der Waals surface area contributed by atoms with Crippen LogP contribution in [-0.2, 0) is 19.4 Å². The van der Waals surface area contributed by atoms with Crippen LogP contribution in [0.25, 0.3) is 0 Å². The smallest absolute Gasteiger partial charge is 0.243 e. The van der Waals surface area contributed by atoms with E-state index in [2.05, 4.69) is 5.32 Å². The van der Waals surface area contributed by atoms with Crippen molar-refractivity contribution in [2.45, 2.75) is 11.8 Å². The first-order valence-corrected chi connectivity index (χ1v) is 7.54. The fourth-order valence-electron chi connectivity index (χ4n) is 1.47. The Labute approximate surface area is 112 Å². The molecule has 0 heterocycles. The van der Waals surface area contributed by atoms with Crippen LogP contribution in [-0.4, -0.2) is 39.8 Å². The zero-order valence-electron chi connectivity index (χ0n) is 10.8. The predicted octanol–water partition coefficient (Wildman–Crippen LogP) is 0.394. The molecule has 0 saturated carbocycles. The normalized spacial score (nSPS) is 11.2. The molecule has 0 saturated heterocycles. The molecule has 0 bridgehead atoms. The summed E-state index contributed by atoms with van der Waals surface area (Å²) in [5.74, 6) is -0.488. The summed E-state index contributed by atoms with van der Waals surface area (Å²) in [5, 5.41) is 2.97. The topological polar surface area (TPSA) is 98.5 Å². The highest BCUT2D eigenvalue weighted by Crippen LogP contribution is 2.21. The summed E-state index contributed by atoms with van der Waals surface area (Å²) in [6.45, 7) is 2.12. The number of nitrogens with one attached hydrogen (secondary N) is 1. The maximum absolute atomic E-state index is 11.9. The van der Waals surface area contributed by atoms with Gasteiger partial charge < -0.3 is 15.8 Å². The van der Waals surface area contributed by atoms with Crippen molar-refractivity contribution in [3.63, 3.8) is 0 Å². The van der Waals surface area contributed by atoms with Crippen molar-refractivity contribution in [2.75, 3.05) is 30.8 Å². The van der Waals surface area contributed by atoms with E-state index in [1.54, 1.807) is 31.2 Å². The molecule has 19 heavy (non-hydrogen) atoms. The van der Waals surface area contributed by atoms with Crippen LogP contribution in [0.15, 0.2) is 29.2 Å². The van der Waals surface area contributed by atoms with E-state index in [1.165, 1.54) is 0 Å². The van der Waals surface area contributed by atoms with Crippen LogP contribution in [0, 0.1) is 0 Å². The van der Waals surface area contributed by atoms with E-state index < -0.39 is 15.7 Å². The first-order valence-electron chi connectivity index (χ1n) is 5.89. The van der Waals surface area contributed by atoms with Crippen molar-refractivity contribution in [3.05, 3.63) is 24.3 Å². The molecule has 7 heteroatoms. The first-order chi connectivity index (χ1) is 8.97. The molecule has 0 spiro atoms. The summed E-state index contributed by atoms with van der Waals surface area (Å²) in [6, 6.07) is 6.68. The molecule has 1 aromatic rings. The quantitative estimate of drug-likeness (QED) is 0.674. The van der Waals surface area contributed by atoms with Crippen LogP contribution in [0.3, 0.4) is 0 Å². The summed E-state index contributed by atoms with van der Waals surface area (Å²) in [6.07, 6.45) is 0. The average molecular weight is 286 g/mol. The molecule has 6 nitrogen and oxygen atoms in total. The minimum atomic E-state index is -3.26. The first kappa shape index (κ1) is 15.5. The number of ether oxygens (including phenoxy) is 1. The number of amides is 1. The number of carbonyl (C=O) groups excluding carboxylic acids is 1. The van der Waals surface area contributed by atoms with Gasteiger partial charge in [0.2, 0.25) is 5.91 Å². The van der Waals surface area contributed by atoms with Crippen LogP contribution in [0.4, 0.5) is 5.69 Å². The minimum absolute atomic E-state index is 0.0455. The number of rotatable bonds is 8. The Hall–Kier alpha value is -1.60. The molecule has 0 unspecified atom stereocenters. The van der Waals surface area contributed by atoms with Gasteiger partial charge in [-0.1, -0.05) is 19.1 Å². The zero-order chi connectivity index (χ0) is 14.3. The lowest BCUT2D eigenvalue weighted by atomic mass is 10.3. The second kappa shape index (κ2) is 7.10. The Morgan fingerprint density at radius 2 is 2.05 bits per heavy atom. The summed E-state index contributed by atoms with van der Waals surface area (Å²) >= 11 is 0. The summed E-state index contributed by atoms with van der Waals surface area (Å²) in [5.41, 5.74) is 5.46. The average Bonchev–Trinajstić information content (AvgIpc) is 2.38. The second-order valence-corrected chi connectivity index (χ2v) is 6.09. The van der Waals surface area contributed by atoms with Gasteiger partial charge in [0, 0.05) is 6.54 Å². The lowest BCUT2D eigenvalue weighted by molar-refractivity contribution is -0.122. The van der Waals surface area contributed by atoms with E-state index in [1.807, 2.05) is 0 Å². The third-order valence-corrected chi connectivity index (χ3v) is 4.19. The van der Waals surface area contributed by atoms with Crippen molar-refractivity contribution in [1.29, 1.82) is 0 Å². The molecule has 3 N–H and O–H groups in total. The number of sulfone groups is 1. The van der Waals surface area contributed by atoms with Gasteiger partial charge in [-0.3, -0.25) is 4.79 Å². The van der Waals surface area contributed by atoms with E-state index in [4.69, 9.17) is 10.5 Å². The van der Waals surface area contributed by atoms with Gasteiger partial charge in [-0.05, 0) is 12.1 Å². The van der Waals surface area contributed by atoms with Gasteiger partial charge in [-0.25, -0.2) is 8.42 Å². The molecule has 0 atom stereocenters. The Morgan fingerprint density at radius 3 is 2.68 bits per heavy atom. The van der Waals surface area contributed by atoms with Crippen LogP contribution >= 0.6 is 0 Å². The van der Waals surface area contributed by atoms with Gasteiger partial charge in [-0.2, -0.15) is 0 Å². The molecule has 0 fully saturated rings. The number of carbonyl (C=O) groups is 1. The Morgan fingerprint density at radius 1 is 1.37 bits per heavy atom. The third-order valence-electron chi connectivity index (χ3n) is 2.41. The molecule has 106 valence electrons. The highest BCUT2D eigenvalue weighted by atomic mass is 32.2. The second-order valence-electron chi connectivity index (χ2n) is 3.85. The Kier molecular flexibility index (Phi) is 5.78. The summed E-state index contributed by atoms with van der Waals surface area (Å²) < 4.78 is 28.7. The number of anilines is 1. The predicted molar refractivity (Wildman–Crippen MR) is 72.7 cm³/mol. The van der Waals surface area contributed by atoms with Crippen molar-refractivity contribution in [2.24, 2.45) is 5.73 Å². The Balaban J connectivity index is 2.62. The van der Waals surface area contributed by atoms with Crippen LogP contribution in [0.5, 0.6) is 0 Å². The summed E-state index contributed by atoms with van der Waals surface area (Å²) in [7, 11) is -3.26. The molecule has 0 aliphatic heterocycles. The maximum Gasteiger partial charge on any atom is 0.243 e. The number of para-hydroxylation sites is 1. The van der Waals surface area contributed by atoms with Gasteiger partial charge in [0.05, 0.1) is 22.9 Å². The van der Waals surface area contributed by atoms with E-state index in [9.17, 15) is 13.2 Å². The fraction of sp³-hybridized carbons (Fsp3) is 0.417. The SMILES string of the molecule is CCS(=O)(=O)c1ccccc1NCCOCC(N)=O. The van der Waals surface area contributed by atoms with Gasteiger partial charge in [0.25, 0.3) is 0 Å². The standard InChI is InChI=1S/C12H18N2O4S/c1-2-19(16,17)11-6-4-3-5-10(11)14-7-8-18-9-12(13)15/h3-6,14H,2,7-9H2,1H3,(H2,13,15). The molecular formula is C12H18N2O4S. The number of benzene rings is 1. The van der Waals surface area contributed by atoms with E-state index >= 15 is 0 Å². The van der Waals surface area contributed by atoms with Gasteiger partial charge in [0.15, 0.2) is 9.84 Å². The lowest BCUT2D eigenvalue weighted by Gasteiger charge is -2.11. The highest BCUT2D eigenvalue weighted by molar-refractivity contribution is 7.91.